The summed E-state index contributed by atoms with van der Waals surface area (Å²) in [5, 5.41) is 8.68. The van der Waals surface area contributed by atoms with Crippen LogP contribution in [0.3, 0.4) is 0 Å². The lowest BCUT2D eigenvalue weighted by Crippen LogP contribution is -2.40. The number of nitriles is 1. The second-order valence-corrected chi connectivity index (χ2v) is 3.63. The van der Waals surface area contributed by atoms with Gasteiger partial charge in [-0.3, -0.25) is 0 Å². The molecule has 0 bridgehead atoms. The van der Waals surface area contributed by atoms with E-state index in [1.165, 1.54) is 0 Å². The van der Waals surface area contributed by atoms with Gasteiger partial charge in [0.05, 0.1) is 29.9 Å². The van der Waals surface area contributed by atoms with Gasteiger partial charge in [0.25, 0.3) is 0 Å². The molecule has 0 aromatic heterocycles. The summed E-state index contributed by atoms with van der Waals surface area (Å²) in [6.07, 6.45) is 0.463. The van der Waals surface area contributed by atoms with Gasteiger partial charge in [0.2, 0.25) is 0 Å². The Hall–Kier alpha value is -1.89. The van der Waals surface area contributed by atoms with Crippen LogP contribution in [0, 0.1) is 11.3 Å². The van der Waals surface area contributed by atoms with Crippen molar-refractivity contribution in [2.45, 2.75) is 12.5 Å². The van der Waals surface area contributed by atoms with Gasteiger partial charge in [-0.15, -0.1) is 0 Å². The maximum Gasteiger partial charge on any atom is 0.165 e. The van der Waals surface area contributed by atoms with Crippen LogP contribution in [-0.2, 0) is 0 Å². The summed E-state index contributed by atoms with van der Waals surface area (Å²) < 4.78 is 5.57. The number of nitrogen functional groups attached to an aromatic ring is 1. The molecule has 1 unspecified atom stereocenters. The van der Waals surface area contributed by atoms with Crippen LogP contribution >= 0.6 is 0 Å². The van der Waals surface area contributed by atoms with E-state index in [2.05, 4.69) is 11.0 Å². The van der Waals surface area contributed by atoms with E-state index >= 15 is 0 Å². The van der Waals surface area contributed by atoms with Gasteiger partial charge in [0.15, 0.2) is 5.75 Å². The topological polar surface area (TPSA) is 62.3 Å². The number of nitrogens with zero attached hydrogens (tertiary/aromatic N) is 2. The lowest BCUT2D eigenvalue weighted by molar-refractivity contribution is 0.269. The molecule has 0 saturated heterocycles. The molecule has 1 aliphatic heterocycles. The van der Waals surface area contributed by atoms with E-state index < -0.39 is 0 Å². The van der Waals surface area contributed by atoms with Crippen molar-refractivity contribution in [1.29, 1.82) is 5.26 Å². The quantitative estimate of drug-likeness (QED) is 0.700. The fourth-order valence-electron chi connectivity index (χ4n) is 1.77. The lowest BCUT2D eigenvalue weighted by atomic mass is 10.1. The zero-order valence-electron chi connectivity index (χ0n) is 8.60. The van der Waals surface area contributed by atoms with Crippen LogP contribution in [0.1, 0.15) is 6.42 Å². The number of fused-ring (bicyclic) bond motifs is 1. The van der Waals surface area contributed by atoms with Gasteiger partial charge >= 0.3 is 0 Å². The zero-order chi connectivity index (χ0) is 10.8. The Morgan fingerprint density at radius 2 is 2.47 bits per heavy atom. The summed E-state index contributed by atoms with van der Waals surface area (Å²) in [6, 6.07) is 7.94. The van der Waals surface area contributed by atoms with Gasteiger partial charge in [-0.05, 0) is 12.1 Å². The largest absolute Gasteiger partial charge is 0.487 e. The first-order valence-electron chi connectivity index (χ1n) is 4.85. The minimum Gasteiger partial charge on any atom is -0.487 e. The number of rotatable bonds is 1. The highest BCUT2D eigenvalue weighted by Crippen LogP contribution is 2.37. The van der Waals surface area contributed by atoms with Gasteiger partial charge in [-0.2, -0.15) is 5.26 Å². The third-order valence-electron chi connectivity index (χ3n) is 2.70. The number of anilines is 2. The van der Waals surface area contributed by atoms with Crippen molar-refractivity contribution in [2.75, 3.05) is 24.3 Å². The SMILES string of the molecule is CN1c2cccc(N)c2OCC1CC#N. The van der Waals surface area contributed by atoms with Crippen molar-refractivity contribution in [2.24, 2.45) is 0 Å². The third-order valence-corrected chi connectivity index (χ3v) is 2.70. The Labute approximate surface area is 88.9 Å². The summed E-state index contributed by atoms with van der Waals surface area (Å²) in [6.45, 7) is 0.519. The molecule has 0 aliphatic carbocycles. The van der Waals surface area contributed by atoms with Gasteiger partial charge in [-0.25, -0.2) is 0 Å². The van der Waals surface area contributed by atoms with Crippen LogP contribution in [0.2, 0.25) is 0 Å². The molecule has 4 heteroatoms. The summed E-state index contributed by atoms with van der Waals surface area (Å²) in [5.41, 5.74) is 7.41. The molecule has 1 aliphatic rings. The number of nitrogens with two attached hydrogens (primary N) is 1. The van der Waals surface area contributed by atoms with Crippen molar-refractivity contribution in [3.63, 3.8) is 0 Å². The molecule has 1 aromatic carbocycles. The van der Waals surface area contributed by atoms with Crippen LogP contribution in [0.25, 0.3) is 0 Å². The molecular weight excluding hydrogens is 190 g/mol. The van der Waals surface area contributed by atoms with Crippen LogP contribution in [-0.4, -0.2) is 19.7 Å². The van der Waals surface area contributed by atoms with E-state index in [4.69, 9.17) is 15.7 Å². The molecule has 1 heterocycles. The molecular formula is C11H13N3O. The number of ether oxygens (including phenoxy) is 1. The summed E-state index contributed by atoms with van der Waals surface area (Å²) >= 11 is 0. The fourth-order valence-corrected chi connectivity index (χ4v) is 1.77. The minimum absolute atomic E-state index is 0.115. The van der Waals surface area contributed by atoms with Gasteiger partial charge in [0, 0.05) is 7.05 Å². The first kappa shape index (κ1) is 9.66. The number of hydrogen-bond donors (Lipinski definition) is 1. The van der Waals surface area contributed by atoms with Crippen LogP contribution in [0.15, 0.2) is 18.2 Å². The highest BCUT2D eigenvalue weighted by molar-refractivity contribution is 5.71. The average molecular weight is 203 g/mol. The maximum absolute atomic E-state index is 8.68. The third kappa shape index (κ3) is 1.57. The highest BCUT2D eigenvalue weighted by Gasteiger charge is 2.25. The summed E-state index contributed by atoms with van der Waals surface area (Å²) in [5.74, 6) is 0.731. The van der Waals surface area contributed by atoms with Crippen molar-refractivity contribution < 1.29 is 4.74 Å². The second kappa shape index (κ2) is 3.70. The predicted octanol–water partition coefficient (Wildman–Crippen LogP) is 1.38. The Bertz CT molecular complexity index is 411. The molecule has 2 N–H and O–H groups in total. The first-order chi connectivity index (χ1) is 7.24. The molecule has 15 heavy (non-hydrogen) atoms. The lowest BCUT2D eigenvalue weighted by Gasteiger charge is -2.35. The van der Waals surface area contributed by atoms with E-state index in [0.717, 1.165) is 11.4 Å². The van der Waals surface area contributed by atoms with E-state index in [-0.39, 0.29) is 6.04 Å². The van der Waals surface area contributed by atoms with Crippen molar-refractivity contribution >= 4 is 11.4 Å². The van der Waals surface area contributed by atoms with Crippen LogP contribution < -0.4 is 15.4 Å². The van der Waals surface area contributed by atoms with Gasteiger partial charge in [0.1, 0.15) is 6.61 Å². The minimum atomic E-state index is 0.115. The first-order valence-corrected chi connectivity index (χ1v) is 4.85. The van der Waals surface area contributed by atoms with E-state index in [1.807, 2.05) is 25.2 Å². The van der Waals surface area contributed by atoms with Crippen LogP contribution in [0.5, 0.6) is 5.75 Å². The molecule has 0 saturated carbocycles. The summed E-state index contributed by atoms with van der Waals surface area (Å²) in [7, 11) is 1.96. The predicted molar refractivity (Wildman–Crippen MR) is 58.8 cm³/mol. The monoisotopic (exact) mass is 203 g/mol. The molecule has 0 fully saturated rings. The van der Waals surface area contributed by atoms with E-state index in [1.54, 1.807) is 0 Å². The van der Waals surface area contributed by atoms with Gasteiger partial charge < -0.3 is 15.4 Å². The van der Waals surface area contributed by atoms with Crippen molar-refractivity contribution in [1.82, 2.24) is 0 Å². The molecule has 1 aromatic rings. The maximum atomic E-state index is 8.68. The molecule has 4 nitrogen and oxygen atoms in total. The van der Waals surface area contributed by atoms with E-state index in [0.29, 0.717) is 18.7 Å². The Morgan fingerprint density at radius 3 is 3.20 bits per heavy atom. The molecule has 0 spiro atoms. The normalized spacial score (nSPS) is 18.9. The number of likely N-dealkylation sites (N-methyl/N-ethyl adjacent to an activating group) is 1. The Kier molecular flexibility index (Phi) is 2.38. The second-order valence-electron chi connectivity index (χ2n) is 3.63. The van der Waals surface area contributed by atoms with Crippen LogP contribution in [0.4, 0.5) is 11.4 Å². The fraction of sp³-hybridized carbons (Fsp3) is 0.364. The standard InChI is InChI=1S/C11H13N3O/c1-14-8(5-6-12)7-15-11-9(13)3-2-4-10(11)14/h2-4,8H,5,7,13H2,1H3. The molecule has 2 rings (SSSR count). The molecule has 0 radical (unpaired) electrons. The number of para-hydroxylation sites is 1. The smallest absolute Gasteiger partial charge is 0.165 e. The van der Waals surface area contributed by atoms with Crippen molar-refractivity contribution in [3.05, 3.63) is 18.2 Å². The highest BCUT2D eigenvalue weighted by atomic mass is 16.5. The number of hydrogen-bond acceptors (Lipinski definition) is 4. The Morgan fingerprint density at radius 1 is 1.67 bits per heavy atom. The number of benzene rings is 1. The van der Waals surface area contributed by atoms with E-state index in [9.17, 15) is 0 Å². The zero-order valence-corrected chi connectivity index (χ0v) is 8.60. The average Bonchev–Trinajstić information content (AvgIpc) is 2.23. The molecule has 1 atom stereocenters. The summed E-state index contributed by atoms with van der Waals surface area (Å²) in [4.78, 5) is 2.05. The van der Waals surface area contributed by atoms with Crippen molar-refractivity contribution in [3.8, 4) is 11.8 Å². The molecule has 0 amide bonds. The Balaban J connectivity index is 2.35. The van der Waals surface area contributed by atoms with Gasteiger partial charge in [-0.1, -0.05) is 6.07 Å². The molecule has 78 valence electrons.